The van der Waals surface area contributed by atoms with E-state index < -0.39 is 0 Å². The number of hydrogen-bond donors (Lipinski definition) is 0. The Balaban J connectivity index is 0.00000225. The first-order chi connectivity index (χ1) is 11.2. The van der Waals surface area contributed by atoms with E-state index in [-0.39, 0.29) is 53.0 Å². The average Bonchev–Trinajstić information content (AvgIpc) is 3.13. The Morgan fingerprint density at radius 2 is 1.19 bits per heavy atom. The third-order valence-electron chi connectivity index (χ3n) is 5.39. The molecule has 152 valence electrons. The van der Waals surface area contributed by atoms with Crippen molar-refractivity contribution in [1.29, 1.82) is 0 Å². The Hall–Kier alpha value is -0.811. The summed E-state index contributed by atoms with van der Waals surface area (Å²) in [7, 11) is 0. The van der Waals surface area contributed by atoms with E-state index in [2.05, 4.69) is 46.5 Å². The number of aromatic nitrogens is 1. The van der Waals surface area contributed by atoms with Crippen molar-refractivity contribution in [2.75, 3.05) is 13.2 Å². The fourth-order valence-electron chi connectivity index (χ4n) is 2.55. The number of ether oxygens (including phenoxy) is 2. The molecule has 0 aromatic carbocycles. The molecule has 0 N–H and O–H groups in total. The molecule has 3 heterocycles. The van der Waals surface area contributed by atoms with Gasteiger partial charge in [-0.25, -0.2) is 15.0 Å². The molecule has 2 aliphatic rings. The van der Waals surface area contributed by atoms with Crippen LogP contribution in [0.15, 0.2) is 28.2 Å². The number of aliphatic imine (C=N–C) groups is 2. The van der Waals surface area contributed by atoms with Gasteiger partial charge in [0.25, 0.3) is 0 Å². The van der Waals surface area contributed by atoms with Crippen LogP contribution in [0, 0.1) is 11.8 Å². The van der Waals surface area contributed by atoms with Gasteiger partial charge in [-0.1, -0.05) is 33.8 Å². The number of rotatable bonds is 4. The summed E-state index contributed by atoms with van der Waals surface area (Å²) >= 11 is 0. The third-order valence-corrected chi connectivity index (χ3v) is 5.39. The number of pyridine rings is 1. The third kappa shape index (κ3) is 5.17. The molecule has 27 heavy (non-hydrogen) atoms. The molecule has 2 aliphatic heterocycles. The molecule has 0 radical (unpaired) electrons. The molecule has 3 rings (SSSR count). The molecule has 0 saturated heterocycles. The summed E-state index contributed by atoms with van der Waals surface area (Å²) in [6, 6.07) is 5.79. The number of hydrogen-bond acceptors (Lipinski definition) is 5. The van der Waals surface area contributed by atoms with Crippen molar-refractivity contribution >= 4 is 11.8 Å². The van der Waals surface area contributed by atoms with Gasteiger partial charge < -0.3 is 34.3 Å². The van der Waals surface area contributed by atoms with Gasteiger partial charge in [0, 0.05) is 0 Å². The molecular weight excluding hydrogens is 429 g/mol. The van der Waals surface area contributed by atoms with Crippen LogP contribution in [0.5, 0.6) is 0 Å². The quantitative estimate of drug-likeness (QED) is 0.470. The molecule has 0 spiro atoms. The van der Waals surface area contributed by atoms with Crippen LogP contribution >= 0.6 is 0 Å². The second-order valence-corrected chi connectivity index (χ2v) is 7.84. The van der Waals surface area contributed by atoms with Crippen LogP contribution < -0.4 is 24.8 Å². The van der Waals surface area contributed by atoms with E-state index in [0.717, 1.165) is 11.4 Å². The van der Waals surface area contributed by atoms with E-state index in [1.165, 1.54) is 0 Å². The van der Waals surface area contributed by atoms with Gasteiger partial charge in [-0.2, -0.15) is 0 Å². The Morgan fingerprint density at radius 3 is 1.48 bits per heavy atom. The zero-order chi connectivity index (χ0) is 17.5. The van der Waals surface area contributed by atoms with Crippen molar-refractivity contribution in [2.45, 2.75) is 52.6 Å². The molecular formula is C19H27Cl2FeN3O2. The molecule has 0 bridgehead atoms. The summed E-state index contributed by atoms with van der Waals surface area (Å²) in [4.78, 5) is 14.2. The van der Waals surface area contributed by atoms with Crippen LogP contribution in [0.25, 0.3) is 0 Å². The molecule has 5 nitrogen and oxygen atoms in total. The summed E-state index contributed by atoms with van der Waals surface area (Å²) in [5.41, 5.74) is 1.09. The molecule has 0 unspecified atom stereocenters. The first kappa shape index (κ1) is 26.2. The average molecular weight is 456 g/mol. The minimum Gasteiger partial charge on any atom is -1.00 e. The van der Waals surface area contributed by atoms with Gasteiger partial charge in [0.05, 0.1) is 11.1 Å². The second kappa shape index (κ2) is 9.60. The van der Waals surface area contributed by atoms with Crippen LogP contribution in [0.1, 0.15) is 52.9 Å². The topological polar surface area (TPSA) is 56.1 Å². The van der Waals surface area contributed by atoms with Crippen molar-refractivity contribution in [3.05, 3.63) is 29.6 Å². The molecule has 8 heteroatoms. The Kier molecular flexibility index (Phi) is 9.31. The van der Waals surface area contributed by atoms with Gasteiger partial charge >= 0.3 is 17.1 Å². The van der Waals surface area contributed by atoms with E-state index in [0.29, 0.717) is 36.8 Å². The molecule has 0 fully saturated rings. The monoisotopic (exact) mass is 455 g/mol. The van der Waals surface area contributed by atoms with Crippen LogP contribution in [-0.4, -0.2) is 41.1 Å². The fourth-order valence-corrected chi connectivity index (χ4v) is 2.55. The van der Waals surface area contributed by atoms with Gasteiger partial charge in [-0.05, 0) is 37.8 Å². The van der Waals surface area contributed by atoms with E-state index in [1.807, 2.05) is 18.2 Å². The molecule has 1 aromatic rings. The Bertz CT molecular complexity index is 657. The first-order valence-electron chi connectivity index (χ1n) is 8.67. The van der Waals surface area contributed by atoms with Gasteiger partial charge in [-0.3, -0.25) is 0 Å². The van der Waals surface area contributed by atoms with Crippen molar-refractivity contribution in [2.24, 2.45) is 21.8 Å². The molecule has 0 aliphatic carbocycles. The molecule has 2 atom stereocenters. The predicted octanol–water partition coefficient (Wildman–Crippen LogP) is -2.53. The minimum atomic E-state index is -0.190. The van der Waals surface area contributed by atoms with Crippen LogP contribution in [0.3, 0.4) is 0 Å². The smallest absolute Gasteiger partial charge is 1.00 e. The van der Waals surface area contributed by atoms with E-state index in [1.54, 1.807) is 0 Å². The van der Waals surface area contributed by atoms with Crippen molar-refractivity contribution in [3.63, 3.8) is 0 Å². The largest absolute Gasteiger partial charge is 2.00 e. The standard InChI is InChI=1S/C19H27N3O2.2ClH.Fe/c1-12(2)18(5)10-23-16(21-18)14-8-7-9-15(20-14)17-22-19(6,11-24-17)13(3)4;;;/h7-9,12-13H,10-11H2,1-6H3;2*1H;/q;;;+2/p-2/t18-,19-;;;/m0.../s1. The fraction of sp³-hybridized carbons (Fsp3) is 0.632. The zero-order valence-electron chi connectivity index (χ0n) is 16.6. The molecule has 1 aromatic heterocycles. The van der Waals surface area contributed by atoms with Crippen molar-refractivity contribution in [1.82, 2.24) is 4.98 Å². The number of nitrogens with zero attached hydrogens (tertiary/aromatic N) is 3. The van der Waals surface area contributed by atoms with E-state index in [9.17, 15) is 0 Å². The minimum absolute atomic E-state index is 0. The maximum atomic E-state index is 5.82. The number of halogens is 2. The maximum absolute atomic E-state index is 5.82. The summed E-state index contributed by atoms with van der Waals surface area (Å²) in [6.45, 7) is 14.1. The normalized spacial score (nSPS) is 26.2. The molecule has 0 amide bonds. The van der Waals surface area contributed by atoms with Gasteiger partial charge in [0.2, 0.25) is 11.8 Å². The van der Waals surface area contributed by atoms with Gasteiger partial charge in [0.1, 0.15) is 24.6 Å². The van der Waals surface area contributed by atoms with Gasteiger partial charge in [0.15, 0.2) is 0 Å². The van der Waals surface area contributed by atoms with E-state index >= 15 is 0 Å². The summed E-state index contributed by atoms with van der Waals surface area (Å²) < 4.78 is 11.6. The Labute approximate surface area is 185 Å². The zero-order valence-corrected chi connectivity index (χ0v) is 19.2. The van der Waals surface area contributed by atoms with Crippen LogP contribution in [0.4, 0.5) is 0 Å². The van der Waals surface area contributed by atoms with Crippen molar-refractivity contribution < 1.29 is 51.4 Å². The summed E-state index contributed by atoms with van der Waals surface area (Å²) in [5, 5.41) is 0. The van der Waals surface area contributed by atoms with Crippen LogP contribution in [-0.2, 0) is 26.5 Å². The van der Waals surface area contributed by atoms with Crippen LogP contribution in [0.2, 0.25) is 0 Å². The second-order valence-electron chi connectivity index (χ2n) is 7.84. The molecule has 0 saturated carbocycles. The van der Waals surface area contributed by atoms with Crippen molar-refractivity contribution in [3.8, 4) is 0 Å². The predicted molar refractivity (Wildman–Crippen MR) is 95.7 cm³/mol. The summed E-state index contributed by atoms with van der Waals surface area (Å²) in [5.74, 6) is 2.04. The summed E-state index contributed by atoms with van der Waals surface area (Å²) in [6.07, 6.45) is 0. The Morgan fingerprint density at radius 1 is 0.815 bits per heavy atom. The SMILES string of the molecule is CC(C)[C@]1(C)COC(c2cccc(C3=N[C@](C)(C(C)C)CO3)n2)=N1.[Cl-].[Cl-].[Fe+2]. The van der Waals surface area contributed by atoms with Gasteiger partial charge in [-0.15, -0.1) is 0 Å². The first-order valence-corrected chi connectivity index (χ1v) is 8.67. The van der Waals surface area contributed by atoms with E-state index in [4.69, 9.17) is 19.5 Å². The maximum Gasteiger partial charge on any atom is 2.00 e.